The minimum atomic E-state index is 0.0245. The summed E-state index contributed by atoms with van der Waals surface area (Å²) in [6.07, 6.45) is 0. The van der Waals surface area contributed by atoms with Crippen LogP contribution in [0.4, 0.5) is 5.69 Å². The van der Waals surface area contributed by atoms with Crippen LogP contribution in [-0.2, 0) is 6.54 Å². The summed E-state index contributed by atoms with van der Waals surface area (Å²) in [7, 11) is 0. The average Bonchev–Trinajstić information content (AvgIpc) is 2.73. The van der Waals surface area contributed by atoms with Crippen molar-refractivity contribution in [2.75, 3.05) is 4.90 Å². The van der Waals surface area contributed by atoms with Crippen molar-refractivity contribution < 1.29 is 4.79 Å². The Hall–Kier alpha value is -2.42. The van der Waals surface area contributed by atoms with E-state index in [1.165, 1.54) is 0 Å². The van der Waals surface area contributed by atoms with Crippen molar-refractivity contribution in [3.05, 3.63) is 65.2 Å². The van der Waals surface area contributed by atoms with E-state index in [2.05, 4.69) is 4.99 Å². The molecule has 2 aromatic rings. The monoisotopic (exact) mass is 234 g/mol. The van der Waals surface area contributed by atoms with Gasteiger partial charge >= 0.3 is 0 Å². The molecule has 2 aromatic carbocycles. The van der Waals surface area contributed by atoms with Crippen LogP contribution in [0.5, 0.6) is 0 Å². The molecule has 0 bridgehead atoms. The van der Waals surface area contributed by atoms with E-state index in [1.54, 1.807) is 4.90 Å². The lowest BCUT2D eigenvalue weighted by Crippen LogP contribution is -2.33. The van der Waals surface area contributed by atoms with Crippen molar-refractivity contribution in [2.45, 2.75) is 6.54 Å². The molecule has 0 aromatic heterocycles. The second-order valence-corrected chi connectivity index (χ2v) is 4.45. The summed E-state index contributed by atoms with van der Waals surface area (Å²) in [6.45, 7) is 0.642. The number of aliphatic imine (C=N–C) groups is 1. The molecule has 86 valence electrons. The van der Waals surface area contributed by atoms with E-state index in [1.807, 2.05) is 48.5 Å². The number of anilines is 1. The number of amidine groups is 1. The lowest BCUT2D eigenvalue weighted by Gasteiger charge is -2.24. The molecular weight excluding hydrogens is 224 g/mol. The van der Waals surface area contributed by atoms with Gasteiger partial charge in [0.15, 0.2) is 0 Å². The number of hydrogen-bond acceptors (Lipinski definition) is 2. The molecule has 4 rings (SSSR count). The normalized spacial score (nSPS) is 15.9. The zero-order valence-corrected chi connectivity index (χ0v) is 9.63. The molecule has 0 aliphatic carbocycles. The first-order valence-electron chi connectivity index (χ1n) is 5.92. The number of para-hydroxylation sites is 1. The Morgan fingerprint density at radius 2 is 1.67 bits per heavy atom. The molecule has 0 spiro atoms. The Morgan fingerprint density at radius 3 is 2.56 bits per heavy atom. The van der Waals surface area contributed by atoms with Crippen molar-refractivity contribution in [1.82, 2.24) is 0 Å². The fraction of sp³-hybridized carbons (Fsp3) is 0.0667. The van der Waals surface area contributed by atoms with Gasteiger partial charge in [-0.05, 0) is 17.7 Å². The van der Waals surface area contributed by atoms with E-state index in [9.17, 15) is 4.79 Å². The van der Waals surface area contributed by atoms with Gasteiger partial charge in [-0.2, -0.15) is 0 Å². The van der Waals surface area contributed by atoms with Crippen LogP contribution in [0.3, 0.4) is 0 Å². The minimum Gasteiger partial charge on any atom is -0.268 e. The summed E-state index contributed by atoms with van der Waals surface area (Å²) in [5.74, 6) is 0.811. The average molecular weight is 234 g/mol. The number of rotatable bonds is 0. The van der Waals surface area contributed by atoms with E-state index in [0.29, 0.717) is 6.54 Å². The van der Waals surface area contributed by atoms with Gasteiger partial charge in [-0.1, -0.05) is 36.4 Å². The fourth-order valence-electron chi connectivity index (χ4n) is 2.60. The summed E-state index contributed by atoms with van der Waals surface area (Å²) >= 11 is 0. The molecule has 2 heterocycles. The van der Waals surface area contributed by atoms with Crippen LogP contribution in [0.15, 0.2) is 53.5 Å². The maximum atomic E-state index is 12.4. The van der Waals surface area contributed by atoms with Crippen molar-refractivity contribution in [1.29, 1.82) is 0 Å². The zero-order valence-electron chi connectivity index (χ0n) is 9.63. The molecule has 18 heavy (non-hydrogen) atoms. The Morgan fingerprint density at radius 1 is 0.944 bits per heavy atom. The standard InChI is InChI=1S/C15H10N2O/c18-15-12-7-3-2-6-11(12)14-16-9-10-5-1-4-8-13(10)17(14)15/h1-8H,9H2. The molecule has 0 unspecified atom stereocenters. The SMILES string of the molecule is O=C1c2ccccc2C2=NCc3ccccc3N12. The maximum absolute atomic E-state index is 12.4. The van der Waals surface area contributed by atoms with E-state index in [-0.39, 0.29) is 5.91 Å². The molecule has 1 amide bonds. The van der Waals surface area contributed by atoms with Gasteiger partial charge < -0.3 is 0 Å². The molecule has 3 heteroatoms. The van der Waals surface area contributed by atoms with E-state index in [4.69, 9.17) is 0 Å². The number of carbonyl (C=O) groups is 1. The van der Waals surface area contributed by atoms with Crippen molar-refractivity contribution in [3.63, 3.8) is 0 Å². The maximum Gasteiger partial charge on any atom is 0.264 e. The summed E-state index contributed by atoms with van der Waals surface area (Å²) in [5.41, 5.74) is 3.75. The topological polar surface area (TPSA) is 32.7 Å². The van der Waals surface area contributed by atoms with Gasteiger partial charge in [-0.25, -0.2) is 0 Å². The summed E-state index contributed by atoms with van der Waals surface area (Å²) in [6, 6.07) is 15.6. The third-order valence-corrected chi connectivity index (χ3v) is 3.44. The Balaban J connectivity index is 1.98. The number of amides is 1. The number of benzene rings is 2. The van der Waals surface area contributed by atoms with E-state index >= 15 is 0 Å². The highest BCUT2D eigenvalue weighted by Crippen LogP contribution is 2.34. The first-order valence-corrected chi connectivity index (χ1v) is 5.92. The minimum absolute atomic E-state index is 0.0245. The smallest absolute Gasteiger partial charge is 0.264 e. The molecule has 0 fully saturated rings. The molecule has 0 atom stereocenters. The summed E-state index contributed by atoms with van der Waals surface area (Å²) < 4.78 is 0. The van der Waals surface area contributed by atoms with Crippen molar-refractivity contribution in [3.8, 4) is 0 Å². The van der Waals surface area contributed by atoms with Gasteiger partial charge in [0.1, 0.15) is 5.84 Å². The predicted octanol–water partition coefficient (Wildman–Crippen LogP) is 2.61. The van der Waals surface area contributed by atoms with Gasteiger partial charge in [0, 0.05) is 5.56 Å². The van der Waals surface area contributed by atoms with Crippen molar-refractivity contribution >= 4 is 17.4 Å². The number of hydrogen-bond donors (Lipinski definition) is 0. The van der Waals surface area contributed by atoms with Crippen LogP contribution < -0.4 is 4.90 Å². The Kier molecular flexibility index (Phi) is 1.75. The summed E-state index contributed by atoms with van der Waals surface area (Å²) in [5, 5.41) is 0. The van der Waals surface area contributed by atoms with Crippen LogP contribution in [0.25, 0.3) is 0 Å². The van der Waals surface area contributed by atoms with E-state index < -0.39 is 0 Å². The van der Waals surface area contributed by atoms with Crippen LogP contribution >= 0.6 is 0 Å². The van der Waals surface area contributed by atoms with Gasteiger partial charge in [0.2, 0.25) is 0 Å². The van der Waals surface area contributed by atoms with Gasteiger partial charge in [0.25, 0.3) is 5.91 Å². The first kappa shape index (κ1) is 9.59. The fourth-order valence-corrected chi connectivity index (χ4v) is 2.60. The molecule has 2 aliphatic heterocycles. The third kappa shape index (κ3) is 1.08. The molecule has 0 N–H and O–H groups in total. The van der Waals surface area contributed by atoms with E-state index in [0.717, 1.165) is 28.2 Å². The van der Waals surface area contributed by atoms with Gasteiger partial charge in [-0.3, -0.25) is 14.7 Å². The second-order valence-electron chi connectivity index (χ2n) is 4.45. The molecule has 0 radical (unpaired) electrons. The Labute approximate surface area is 104 Å². The molecule has 2 aliphatic rings. The number of fused-ring (bicyclic) bond motifs is 5. The lowest BCUT2D eigenvalue weighted by molar-refractivity contribution is 0.101. The highest BCUT2D eigenvalue weighted by molar-refractivity contribution is 6.36. The predicted molar refractivity (Wildman–Crippen MR) is 69.9 cm³/mol. The largest absolute Gasteiger partial charge is 0.268 e. The Bertz CT molecular complexity index is 703. The molecule has 0 saturated heterocycles. The zero-order chi connectivity index (χ0) is 12.1. The quantitative estimate of drug-likeness (QED) is 0.689. The van der Waals surface area contributed by atoms with Crippen LogP contribution in [-0.4, -0.2) is 11.7 Å². The van der Waals surface area contributed by atoms with Crippen LogP contribution in [0.1, 0.15) is 21.5 Å². The van der Waals surface area contributed by atoms with Gasteiger partial charge in [-0.15, -0.1) is 0 Å². The van der Waals surface area contributed by atoms with Crippen LogP contribution in [0.2, 0.25) is 0 Å². The van der Waals surface area contributed by atoms with Crippen LogP contribution in [0, 0.1) is 0 Å². The number of nitrogens with zero attached hydrogens (tertiary/aromatic N) is 2. The molecule has 3 nitrogen and oxygen atoms in total. The van der Waals surface area contributed by atoms with Crippen molar-refractivity contribution in [2.24, 2.45) is 4.99 Å². The third-order valence-electron chi connectivity index (χ3n) is 3.44. The number of carbonyl (C=O) groups excluding carboxylic acids is 1. The summed E-state index contributed by atoms with van der Waals surface area (Å²) in [4.78, 5) is 18.7. The highest BCUT2D eigenvalue weighted by Gasteiger charge is 2.37. The first-order chi connectivity index (χ1) is 8.86. The van der Waals surface area contributed by atoms with Gasteiger partial charge in [0.05, 0.1) is 17.8 Å². The lowest BCUT2D eigenvalue weighted by atomic mass is 10.1. The molecule has 0 saturated carbocycles. The highest BCUT2D eigenvalue weighted by atomic mass is 16.2. The molecular formula is C15H10N2O. The second kappa shape index (κ2) is 3.29.